The van der Waals surface area contributed by atoms with E-state index >= 15 is 0 Å². The van der Waals surface area contributed by atoms with Crippen molar-refractivity contribution < 1.29 is 9.90 Å². The molecule has 4 rings (SSSR count). The molecule has 2 heteroatoms. The van der Waals surface area contributed by atoms with Crippen molar-refractivity contribution in [1.82, 2.24) is 0 Å². The summed E-state index contributed by atoms with van der Waals surface area (Å²) in [6.45, 7) is 4.67. The van der Waals surface area contributed by atoms with Crippen LogP contribution in [-0.4, -0.2) is 17.0 Å². The van der Waals surface area contributed by atoms with Gasteiger partial charge in [0.15, 0.2) is 0 Å². The van der Waals surface area contributed by atoms with Crippen LogP contribution in [0, 0.1) is 28.6 Å². The second-order valence-corrected chi connectivity index (χ2v) is 8.58. The number of ketones is 1. The van der Waals surface area contributed by atoms with Crippen molar-refractivity contribution in [2.75, 3.05) is 0 Å². The van der Waals surface area contributed by atoms with Gasteiger partial charge in [-0.15, -0.1) is 0 Å². The summed E-state index contributed by atoms with van der Waals surface area (Å²) >= 11 is 0. The maximum Gasteiger partial charge on any atom is 0.139 e. The fourth-order valence-electron chi connectivity index (χ4n) is 6.29. The Morgan fingerprint density at radius 2 is 1.95 bits per heavy atom. The Morgan fingerprint density at radius 1 is 1.14 bits per heavy atom. The monoisotopic (exact) mass is 288 g/mol. The highest BCUT2D eigenvalue weighted by atomic mass is 16.3. The Hall–Kier alpha value is -0.630. The summed E-state index contributed by atoms with van der Waals surface area (Å²) in [6, 6.07) is 0. The van der Waals surface area contributed by atoms with Crippen LogP contribution < -0.4 is 0 Å². The number of allylic oxidation sites excluding steroid dienone is 2. The molecule has 0 radical (unpaired) electrons. The second-order valence-electron chi connectivity index (χ2n) is 8.58. The minimum Gasteiger partial charge on any atom is -0.393 e. The molecule has 0 aromatic carbocycles. The molecule has 3 unspecified atom stereocenters. The third-order valence-electron chi connectivity index (χ3n) is 7.71. The van der Waals surface area contributed by atoms with Crippen molar-refractivity contribution in [1.29, 1.82) is 0 Å². The van der Waals surface area contributed by atoms with Gasteiger partial charge in [0, 0.05) is 11.8 Å². The summed E-state index contributed by atoms with van der Waals surface area (Å²) in [6.07, 6.45) is 10.8. The fraction of sp³-hybridized carbons (Fsp3) is 0.842. The molecule has 0 amide bonds. The van der Waals surface area contributed by atoms with Crippen LogP contribution >= 0.6 is 0 Å². The zero-order valence-corrected chi connectivity index (χ0v) is 13.4. The van der Waals surface area contributed by atoms with Crippen LogP contribution in [0.5, 0.6) is 0 Å². The molecule has 6 atom stereocenters. The van der Waals surface area contributed by atoms with Crippen LogP contribution in [-0.2, 0) is 4.79 Å². The molecule has 3 fully saturated rings. The Balaban J connectivity index is 1.71. The third kappa shape index (κ3) is 1.78. The molecule has 0 bridgehead atoms. The Morgan fingerprint density at radius 3 is 2.76 bits per heavy atom. The van der Waals surface area contributed by atoms with Crippen molar-refractivity contribution in [3.63, 3.8) is 0 Å². The smallest absolute Gasteiger partial charge is 0.139 e. The number of aliphatic hydroxyl groups is 1. The number of carbonyl (C=O) groups is 1. The summed E-state index contributed by atoms with van der Waals surface area (Å²) in [5, 5.41) is 10.0. The van der Waals surface area contributed by atoms with Gasteiger partial charge in [-0.3, -0.25) is 4.79 Å². The number of rotatable bonds is 0. The average Bonchev–Trinajstić information content (AvgIpc) is 2.76. The lowest BCUT2D eigenvalue weighted by molar-refractivity contribution is -0.127. The van der Waals surface area contributed by atoms with Crippen molar-refractivity contribution in [2.24, 2.45) is 28.6 Å². The SMILES string of the molecule is C[C@]12CC[C@@H](O)CC1CCC1C2=CC[C@]2(C)C(=O)CCC12. The largest absolute Gasteiger partial charge is 0.393 e. The first-order valence-corrected chi connectivity index (χ1v) is 8.87. The van der Waals surface area contributed by atoms with Gasteiger partial charge in [-0.1, -0.05) is 25.5 Å². The van der Waals surface area contributed by atoms with Crippen LogP contribution in [0.2, 0.25) is 0 Å². The highest BCUT2D eigenvalue weighted by Gasteiger charge is 2.56. The lowest BCUT2D eigenvalue weighted by Crippen LogP contribution is -2.48. The summed E-state index contributed by atoms with van der Waals surface area (Å²) in [7, 11) is 0. The number of fused-ring (bicyclic) bond motifs is 5. The van der Waals surface area contributed by atoms with E-state index in [9.17, 15) is 9.90 Å². The van der Waals surface area contributed by atoms with Gasteiger partial charge >= 0.3 is 0 Å². The minimum absolute atomic E-state index is 0.0639. The van der Waals surface area contributed by atoms with Crippen molar-refractivity contribution in [2.45, 2.75) is 71.3 Å². The van der Waals surface area contributed by atoms with Crippen LogP contribution in [0.15, 0.2) is 11.6 Å². The molecular formula is C19H28O2. The van der Waals surface area contributed by atoms with E-state index in [2.05, 4.69) is 19.9 Å². The number of Topliss-reactive ketones (excluding diaryl/α,β-unsaturated/α-hetero) is 1. The standard InChI is InChI=1S/C19H28O2/c1-18-9-7-13(20)11-12(18)3-4-14-15-5-6-17(21)19(15,2)10-8-16(14)18/h8,12-15,20H,3-7,9-11H2,1-2H3/t12?,13-,14?,15?,18+,19+/m1/s1. The van der Waals surface area contributed by atoms with Gasteiger partial charge in [-0.25, -0.2) is 0 Å². The van der Waals surface area contributed by atoms with Crippen LogP contribution in [0.4, 0.5) is 0 Å². The van der Waals surface area contributed by atoms with Crippen LogP contribution in [0.1, 0.15) is 65.2 Å². The van der Waals surface area contributed by atoms with Gasteiger partial charge in [-0.05, 0) is 68.1 Å². The third-order valence-corrected chi connectivity index (χ3v) is 7.71. The van der Waals surface area contributed by atoms with Crippen LogP contribution in [0.25, 0.3) is 0 Å². The number of carbonyl (C=O) groups excluding carboxylic acids is 1. The maximum absolute atomic E-state index is 12.3. The van der Waals surface area contributed by atoms with Crippen LogP contribution in [0.3, 0.4) is 0 Å². The highest BCUT2D eigenvalue weighted by molar-refractivity contribution is 5.87. The molecule has 21 heavy (non-hydrogen) atoms. The number of aliphatic hydroxyl groups excluding tert-OH is 1. The first kappa shape index (κ1) is 14.0. The summed E-state index contributed by atoms with van der Waals surface area (Å²) in [5.41, 5.74) is 1.91. The quantitative estimate of drug-likeness (QED) is 0.687. The minimum atomic E-state index is -0.0814. The molecule has 0 aromatic heterocycles. The van der Waals surface area contributed by atoms with E-state index in [1.54, 1.807) is 5.57 Å². The second kappa shape index (κ2) is 4.44. The lowest BCUT2D eigenvalue weighted by atomic mass is 9.49. The van der Waals surface area contributed by atoms with Crippen molar-refractivity contribution >= 4 is 5.78 Å². The summed E-state index contributed by atoms with van der Waals surface area (Å²) in [4.78, 5) is 12.3. The Kier molecular flexibility index (Phi) is 2.96. The number of hydrogen-bond acceptors (Lipinski definition) is 2. The predicted molar refractivity (Wildman–Crippen MR) is 82.7 cm³/mol. The van der Waals surface area contributed by atoms with E-state index in [1.165, 1.54) is 12.8 Å². The Labute approximate surface area is 128 Å². The molecule has 0 aliphatic heterocycles. The van der Waals surface area contributed by atoms with Crippen molar-refractivity contribution in [3.8, 4) is 0 Å². The first-order valence-electron chi connectivity index (χ1n) is 8.87. The summed E-state index contributed by atoms with van der Waals surface area (Å²) < 4.78 is 0. The van der Waals surface area contributed by atoms with Gasteiger partial charge in [-0.2, -0.15) is 0 Å². The number of hydrogen-bond donors (Lipinski definition) is 1. The highest BCUT2D eigenvalue weighted by Crippen LogP contribution is 2.63. The van der Waals surface area contributed by atoms with E-state index in [0.717, 1.165) is 38.5 Å². The van der Waals surface area contributed by atoms with Gasteiger partial charge < -0.3 is 5.11 Å². The zero-order valence-electron chi connectivity index (χ0n) is 13.4. The predicted octanol–water partition coefficient (Wildman–Crippen LogP) is 3.88. The molecular weight excluding hydrogens is 260 g/mol. The van der Waals surface area contributed by atoms with E-state index in [-0.39, 0.29) is 11.5 Å². The maximum atomic E-state index is 12.3. The normalized spacial score (nSPS) is 52.7. The van der Waals surface area contributed by atoms with E-state index in [1.807, 2.05) is 0 Å². The molecule has 116 valence electrons. The van der Waals surface area contributed by atoms with Gasteiger partial charge in [0.2, 0.25) is 0 Å². The molecule has 3 saturated carbocycles. The fourth-order valence-corrected chi connectivity index (χ4v) is 6.29. The lowest BCUT2D eigenvalue weighted by Gasteiger charge is -2.55. The molecule has 1 N–H and O–H groups in total. The average molecular weight is 288 g/mol. The van der Waals surface area contributed by atoms with E-state index in [0.29, 0.717) is 29.0 Å². The molecule has 0 saturated heterocycles. The topological polar surface area (TPSA) is 37.3 Å². The molecule has 4 aliphatic rings. The van der Waals surface area contributed by atoms with E-state index in [4.69, 9.17) is 0 Å². The van der Waals surface area contributed by atoms with Gasteiger partial charge in [0.05, 0.1) is 6.10 Å². The van der Waals surface area contributed by atoms with E-state index < -0.39 is 0 Å². The van der Waals surface area contributed by atoms with Gasteiger partial charge in [0.1, 0.15) is 5.78 Å². The van der Waals surface area contributed by atoms with Gasteiger partial charge in [0.25, 0.3) is 0 Å². The first-order chi connectivity index (χ1) is 9.95. The molecule has 4 aliphatic carbocycles. The summed E-state index contributed by atoms with van der Waals surface area (Å²) in [5.74, 6) is 2.40. The Bertz CT molecular complexity index is 508. The molecule has 2 nitrogen and oxygen atoms in total. The molecule has 0 aromatic rings. The zero-order chi connectivity index (χ0) is 14.8. The van der Waals surface area contributed by atoms with Crippen molar-refractivity contribution in [3.05, 3.63) is 11.6 Å². The molecule has 0 spiro atoms. The molecule has 0 heterocycles.